The van der Waals surface area contributed by atoms with Gasteiger partial charge in [-0.3, -0.25) is 0 Å². The summed E-state index contributed by atoms with van der Waals surface area (Å²) in [7, 11) is 0. The first kappa shape index (κ1) is 6.14. The Balaban J connectivity index is 3.01. The molecule has 1 rings (SSSR count). The van der Waals surface area contributed by atoms with E-state index in [1.165, 1.54) is 5.57 Å². The molecule has 1 N–H and O–H groups in total. The van der Waals surface area contributed by atoms with Crippen LogP contribution in [0.5, 0.6) is 0 Å². The van der Waals surface area contributed by atoms with Gasteiger partial charge in [-0.05, 0) is 25.0 Å². The van der Waals surface area contributed by atoms with Gasteiger partial charge in [0.05, 0.1) is 6.26 Å². The van der Waals surface area contributed by atoms with Crippen molar-refractivity contribution in [2.45, 2.75) is 13.8 Å². The van der Waals surface area contributed by atoms with Crippen LogP contribution in [-0.2, 0) is 0 Å². The smallest absolute Gasteiger partial charge is 0.0866 e. The van der Waals surface area contributed by atoms with Crippen LogP contribution < -0.4 is 0 Å². The van der Waals surface area contributed by atoms with Crippen molar-refractivity contribution in [1.29, 1.82) is 0 Å². The zero-order chi connectivity index (χ0) is 6.85. The molecule has 0 aromatic heterocycles. The third-order valence-electron chi connectivity index (χ3n) is 1.68. The monoisotopic (exact) mass is 122 g/mol. The van der Waals surface area contributed by atoms with Gasteiger partial charge in [0.15, 0.2) is 0 Å². The molecule has 0 fully saturated rings. The minimum atomic E-state index is 0.924. The number of aliphatic hydroxyl groups is 1. The molecule has 1 heteroatoms. The Labute approximate surface area is 55.0 Å². The maximum absolute atomic E-state index is 8.61. The largest absolute Gasteiger partial charge is 0.515 e. The topological polar surface area (TPSA) is 20.2 Å². The highest BCUT2D eigenvalue weighted by Crippen LogP contribution is 2.22. The Morgan fingerprint density at radius 3 is 2.22 bits per heavy atom. The van der Waals surface area contributed by atoms with Crippen LogP contribution in [-0.4, -0.2) is 5.11 Å². The van der Waals surface area contributed by atoms with Gasteiger partial charge in [0.25, 0.3) is 0 Å². The van der Waals surface area contributed by atoms with Gasteiger partial charge < -0.3 is 5.11 Å². The molecule has 0 amide bonds. The van der Waals surface area contributed by atoms with Crippen molar-refractivity contribution in [3.05, 3.63) is 35.1 Å². The molecule has 0 radical (unpaired) electrons. The molecule has 1 nitrogen and oxygen atoms in total. The SMILES string of the molecule is CC1=C(C)/C(=C/O)C=C1. The van der Waals surface area contributed by atoms with Crippen molar-refractivity contribution in [2.75, 3.05) is 0 Å². The summed E-state index contributed by atoms with van der Waals surface area (Å²) in [6, 6.07) is 0. The minimum absolute atomic E-state index is 0.924. The molecule has 0 saturated heterocycles. The average molecular weight is 122 g/mol. The standard InChI is InChI=1S/C8H10O/c1-6-3-4-8(5-9)7(6)2/h3-5,9H,1-2H3/b8-5+. The van der Waals surface area contributed by atoms with Gasteiger partial charge in [-0.25, -0.2) is 0 Å². The fourth-order valence-electron chi connectivity index (χ4n) is 0.832. The quantitative estimate of drug-likeness (QED) is 0.489. The van der Waals surface area contributed by atoms with E-state index in [2.05, 4.69) is 0 Å². The molecule has 0 bridgehead atoms. The fourth-order valence-corrected chi connectivity index (χ4v) is 0.832. The van der Waals surface area contributed by atoms with Crippen molar-refractivity contribution in [2.24, 2.45) is 0 Å². The van der Waals surface area contributed by atoms with Gasteiger partial charge in [-0.2, -0.15) is 0 Å². The van der Waals surface area contributed by atoms with E-state index in [9.17, 15) is 0 Å². The van der Waals surface area contributed by atoms with Crippen LogP contribution in [0.25, 0.3) is 0 Å². The minimum Gasteiger partial charge on any atom is -0.515 e. The fraction of sp³-hybridized carbons (Fsp3) is 0.250. The zero-order valence-electron chi connectivity index (χ0n) is 5.68. The maximum atomic E-state index is 8.61. The molecule has 1 aliphatic carbocycles. The lowest BCUT2D eigenvalue weighted by Crippen LogP contribution is -1.76. The molecule has 1 aliphatic rings. The van der Waals surface area contributed by atoms with Gasteiger partial charge in [-0.15, -0.1) is 0 Å². The third kappa shape index (κ3) is 0.900. The van der Waals surface area contributed by atoms with Crippen LogP contribution >= 0.6 is 0 Å². The van der Waals surface area contributed by atoms with E-state index in [1.807, 2.05) is 26.0 Å². The molecular weight excluding hydrogens is 112 g/mol. The second-order valence-electron chi connectivity index (χ2n) is 2.23. The van der Waals surface area contributed by atoms with E-state index in [0.717, 1.165) is 17.4 Å². The highest BCUT2D eigenvalue weighted by atomic mass is 16.2. The van der Waals surface area contributed by atoms with Crippen molar-refractivity contribution < 1.29 is 5.11 Å². The summed E-state index contributed by atoms with van der Waals surface area (Å²) in [5, 5.41) is 8.61. The number of hydrogen-bond donors (Lipinski definition) is 1. The summed E-state index contributed by atoms with van der Waals surface area (Å²) in [6.07, 6.45) is 5.05. The van der Waals surface area contributed by atoms with Gasteiger partial charge in [-0.1, -0.05) is 12.2 Å². The van der Waals surface area contributed by atoms with Crippen LogP contribution in [0.15, 0.2) is 35.1 Å². The molecule has 0 atom stereocenters. The van der Waals surface area contributed by atoms with E-state index >= 15 is 0 Å². The molecule has 48 valence electrons. The Kier molecular flexibility index (Phi) is 1.43. The van der Waals surface area contributed by atoms with Gasteiger partial charge in [0.2, 0.25) is 0 Å². The van der Waals surface area contributed by atoms with Crippen molar-refractivity contribution in [1.82, 2.24) is 0 Å². The van der Waals surface area contributed by atoms with E-state index in [-0.39, 0.29) is 0 Å². The van der Waals surface area contributed by atoms with Crippen LogP contribution in [0.3, 0.4) is 0 Å². The zero-order valence-corrected chi connectivity index (χ0v) is 5.68. The average Bonchev–Trinajstić information content (AvgIpc) is 2.15. The second kappa shape index (κ2) is 2.09. The summed E-state index contributed by atoms with van der Waals surface area (Å²) in [6.45, 7) is 4.03. The highest BCUT2D eigenvalue weighted by Gasteiger charge is 2.04. The lowest BCUT2D eigenvalue weighted by Gasteiger charge is -1.93. The summed E-state index contributed by atoms with van der Waals surface area (Å²) in [4.78, 5) is 0. The first-order chi connectivity index (χ1) is 4.25. The van der Waals surface area contributed by atoms with Gasteiger partial charge >= 0.3 is 0 Å². The van der Waals surface area contributed by atoms with Crippen molar-refractivity contribution in [3.63, 3.8) is 0 Å². The Morgan fingerprint density at radius 2 is 2.00 bits per heavy atom. The molecule has 0 aromatic carbocycles. The van der Waals surface area contributed by atoms with Crippen LogP contribution in [0.2, 0.25) is 0 Å². The van der Waals surface area contributed by atoms with E-state index in [4.69, 9.17) is 5.11 Å². The molecule has 9 heavy (non-hydrogen) atoms. The molecule has 0 heterocycles. The predicted molar refractivity (Wildman–Crippen MR) is 38.2 cm³/mol. The van der Waals surface area contributed by atoms with Gasteiger partial charge in [0.1, 0.15) is 0 Å². The third-order valence-corrected chi connectivity index (χ3v) is 1.68. The highest BCUT2D eigenvalue weighted by molar-refractivity contribution is 5.50. The maximum Gasteiger partial charge on any atom is 0.0866 e. The first-order valence-corrected chi connectivity index (χ1v) is 2.96. The molecule has 0 aliphatic heterocycles. The number of rotatable bonds is 0. The van der Waals surface area contributed by atoms with Crippen molar-refractivity contribution >= 4 is 0 Å². The van der Waals surface area contributed by atoms with E-state index < -0.39 is 0 Å². The van der Waals surface area contributed by atoms with E-state index in [0.29, 0.717) is 0 Å². The molecule has 0 spiro atoms. The van der Waals surface area contributed by atoms with Crippen molar-refractivity contribution in [3.8, 4) is 0 Å². The summed E-state index contributed by atoms with van der Waals surface area (Å²) in [5.41, 5.74) is 3.32. The van der Waals surface area contributed by atoms with Gasteiger partial charge in [0, 0.05) is 5.57 Å². The molecule has 0 saturated carbocycles. The summed E-state index contributed by atoms with van der Waals surface area (Å²) in [5.74, 6) is 0. The second-order valence-corrected chi connectivity index (χ2v) is 2.23. The van der Waals surface area contributed by atoms with Crippen LogP contribution in [0.4, 0.5) is 0 Å². The lowest BCUT2D eigenvalue weighted by atomic mass is 10.1. The molecule has 0 unspecified atom stereocenters. The molecule has 0 aromatic rings. The van der Waals surface area contributed by atoms with Crippen LogP contribution in [0, 0.1) is 0 Å². The Bertz CT molecular complexity index is 207. The number of hydrogen-bond acceptors (Lipinski definition) is 1. The summed E-state index contributed by atoms with van der Waals surface area (Å²) >= 11 is 0. The molecular formula is C8H10O. The van der Waals surface area contributed by atoms with E-state index in [1.54, 1.807) is 0 Å². The van der Waals surface area contributed by atoms with Crippen LogP contribution in [0.1, 0.15) is 13.8 Å². The Hall–Kier alpha value is -0.980. The lowest BCUT2D eigenvalue weighted by molar-refractivity contribution is 0.470. The number of aliphatic hydroxyl groups excluding tert-OH is 1. The predicted octanol–water partition coefficient (Wildman–Crippen LogP) is 2.33. The normalized spacial score (nSPS) is 22.2. The summed E-state index contributed by atoms with van der Waals surface area (Å²) < 4.78 is 0. The first-order valence-electron chi connectivity index (χ1n) is 2.96. The Morgan fingerprint density at radius 1 is 1.33 bits per heavy atom. The number of allylic oxidation sites excluding steroid dienone is 5.